The zero-order chi connectivity index (χ0) is 20.0. The highest BCUT2D eigenvalue weighted by atomic mass is 16.6. The van der Waals surface area contributed by atoms with Crippen molar-refractivity contribution in [2.24, 2.45) is 5.92 Å². The van der Waals surface area contributed by atoms with Gasteiger partial charge >= 0.3 is 11.1 Å². The van der Waals surface area contributed by atoms with Gasteiger partial charge in [-0.15, -0.1) is 0 Å². The zero-order valence-corrected chi connectivity index (χ0v) is 14.7. The van der Waals surface area contributed by atoms with E-state index in [4.69, 9.17) is 0 Å². The van der Waals surface area contributed by atoms with E-state index < -0.39 is 44.8 Å². The van der Waals surface area contributed by atoms with Crippen LogP contribution in [0.5, 0.6) is 0 Å². The molecule has 4 atom stereocenters. The molecule has 10 nitrogen and oxygen atoms in total. The van der Waals surface area contributed by atoms with Crippen LogP contribution in [0, 0.1) is 26.1 Å². The minimum atomic E-state index is -2.28. The fourth-order valence-electron chi connectivity index (χ4n) is 4.80. The van der Waals surface area contributed by atoms with Crippen LogP contribution in [-0.2, 0) is 10.3 Å². The molecule has 1 unspecified atom stereocenters. The molecule has 2 N–H and O–H groups in total. The lowest BCUT2D eigenvalue weighted by Crippen LogP contribution is -3.19. The highest BCUT2D eigenvalue weighted by Gasteiger charge is 2.79. The third-order valence-electron chi connectivity index (χ3n) is 5.83. The molecule has 2 aliphatic rings. The van der Waals surface area contributed by atoms with E-state index in [9.17, 15) is 34.9 Å². The van der Waals surface area contributed by atoms with Gasteiger partial charge in [-0.05, 0) is 6.92 Å². The molecule has 1 heterocycles. The number of nitrogens with one attached hydrogen (secondary N) is 1. The number of likely N-dealkylation sites (tertiary alicyclic amines) is 1. The van der Waals surface area contributed by atoms with Gasteiger partial charge in [-0.25, -0.2) is 0 Å². The normalized spacial score (nSPS) is 31.9. The van der Waals surface area contributed by atoms with Crippen molar-refractivity contribution in [2.45, 2.75) is 24.4 Å². The molecule has 27 heavy (non-hydrogen) atoms. The van der Waals surface area contributed by atoms with Gasteiger partial charge in [0.2, 0.25) is 5.78 Å². The lowest BCUT2D eigenvalue weighted by atomic mass is 9.56. The first kappa shape index (κ1) is 19.1. The summed E-state index contributed by atoms with van der Waals surface area (Å²) in [6.45, 7) is 0.470. The number of rotatable bonds is 6. The topological polar surface area (TPSA) is 145 Å². The minimum absolute atomic E-state index is 0.0336. The average Bonchev–Trinajstić information content (AvgIpc) is 2.60. The summed E-state index contributed by atoms with van der Waals surface area (Å²) in [7, 11) is 0. The highest BCUT2D eigenvalue weighted by Crippen LogP contribution is 2.50. The highest BCUT2D eigenvalue weighted by molar-refractivity contribution is 6.06. The van der Waals surface area contributed by atoms with Gasteiger partial charge in [-0.1, -0.05) is 24.3 Å². The monoisotopic (exact) mass is 378 g/mol. The molecule has 0 aromatic heterocycles. The molecule has 0 radical (unpaired) electrons. The quantitative estimate of drug-likeness (QED) is 0.470. The van der Waals surface area contributed by atoms with E-state index in [2.05, 4.69) is 0 Å². The molecule has 3 rings (SSSR count). The smallest absolute Gasteiger partial charge is 0.341 e. The predicted octanol–water partition coefficient (Wildman–Crippen LogP) is -1.14. The molecule has 1 fully saturated rings. The molecule has 0 spiro atoms. The van der Waals surface area contributed by atoms with Gasteiger partial charge in [0.25, 0.3) is 0 Å². The molecular formula is C17H20N3O7+. The SMILES string of the molecule is CC(=O)C[C@H]1[C@]2([N+](=O)[O-])C[NH+](CCO)C[C@@]1([N+](=O)[O-])c1ccccc1C2=O. The second kappa shape index (κ2) is 6.46. The summed E-state index contributed by atoms with van der Waals surface area (Å²) in [5.41, 5.74) is -4.16. The minimum Gasteiger partial charge on any atom is -0.391 e. The van der Waals surface area contributed by atoms with Crippen molar-refractivity contribution < 1.29 is 29.4 Å². The number of nitro groups is 2. The van der Waals surface area contributed by atoms with Crippen molar-refractivity contribution in [1.29, 1.82) is 0 Å². The van der Waals surface area contributed by atoms with Crippen LogP contribution in [0.25, 0.3) is 0 Å². The number of carbonyl (C=O) groups excluding carboxylic acids is 2. The van der Waals surface area contributed by atoms with Crippen LogP contribution in [0.1, 0.15) is 29.3 Å². The van der Waals surface area contributed by atoms with Gasteiger partial charge in [-0.3, -0.25) is 25.0 Å². The third kappa shape index (κ3) is 2.47. The molecule has 2 bridgehead atoms. The number of benzene rings is 1. The summed E-state index contributed by atoms with van der Waals surface area (Å²) in [5, 5.41) is 33.8. The standard InChI is InChI=1S/C17H19N3O7/c1-11(22)8-14-16(19(24)25)9-18(6-7-21)10-17(14,20(26)27)15(23)12-4-2-3-5-13(12)16/h2-5,14,21H,6-10H2,1H3/p+1/t14-,16-,17-/m1/s1. The van der Waals surface area contributed by atoms with Gasteiger partial charge < -0.3 is 14.8 Å². The molecule has 1 aromatic rings. The number of carbonyl (C=O) groups is 2. The van der Waals surface area contributed by atoms with E-state index in [1.54, 1.807) is 6.07 Å². The third-order valence-corrected chi connectivity index (χ3v) is 5.83. The van der Waals surface area contributed by atoms with Gasteiger partial charge in [0.1, 0.15) is 18.2 Å². The number of hydrogen-bond acceptors (Lipinski definition) is 7. The van der Waals surface area contributed by atoms with Crippen LogP contribution in [0.2, 0.25) is 0 Å². The van der Waals surface area contributed by atoms with Crippen molar-refractivity contribution >= 4 is 11.6 Å². The number of ketones is 2. The number of piperidine rings is 1. The van der Waals surface area contributed by atoms with Crippen molar-refractivity contribution in [2.75, 3.05) is 26.2 Å². The Morgan fingerprint density at radius 1 is 1.22 bits per heavy atom. The van der Waals surface area contributed by atoms with E-state index in [-0.39, 0.29) is 37.4 Å². The van der Waals surface area contributed by atoms with Crippen LogP contribution in [0.15, 0.2) is 24.3 Å². The van der Waals surface area contributed by atoms with Gasteiger partial charge in [-0.2, -0.15) is 0 Å². The first-order valence-electron chi connectivity index (χ1n) is 8.59. The Labute approximate surface area is 154 Å². The summed E-state index contributed by atoms with van der Waals surface area (Å²) in [4.78, 5) is 48.7. The first-order chi connectivity index (χ1) is 12.7. The molecule has 0 saturated carbocycles. The molecule has 144 valence electrons. The van der Waals surface area contributed by atoms with E-state index >= 15 is 0 Å². The number of hydrogen-bond donors (Lipinski definition) is 2. The number of quaternary nitrogens is 1. The Morgan fingerprint density at radius 3 is 2.37 bits per heavy atom. The zero-order valence-electron chi connectivity index (χ0n) is 14.7. The maximum atomic E-state index is 13.2. The number of aliphatic hydroxyl groups excluding tert-OH is 1. The van der Waals surface area contributed by atoms with Gasteiger partial charge in [0, 0.05) is 27.4 Å². The van der Waals surface area contributed by atoms with Gasteiger partial charge in [0.05, 0.1) is 6.61 Å². The fraction of sp³-hybridized carbons (Fsp3) is 0.529. The Bertz CT molecular complexity index is 842. The molecule has 1 aliphatic carbocycles. The second-order valence-corrected chi connectivity index (χ2v) is 7.27. The predicted molar refractivity (Wildman–Crippen MR) is 90.6 cm³/mol. The van der Waals surface area contributed by atoms with E-state index in [1.165, 1.54) is 25.1 Å². The summed E-state index contributed by atoms with van der Waals surface area (Å²) in [6, 6.07) is 5.86. The molecule has 10 heteroatoms. The van der Waals surface area contributed by atoms with E-state index in [0.29, 0.717) is 4.90 Å². The van der Waals surface area contributed by atoms with E-state index in [1.807, 2.05) is 0 Å². The van der Waals surface area contributed by atoms with Crippen LogP contribution < -0.4 is 4.90 Å². The Kier molecular flexibility index (Phi) is 4.56. The Hall–Kier alpha value is -2.72. The maximum absolute atomic E-state index is 13.2. The molecule has 1 aromatic carbocycles. The Morgan fingerprint density at radius 2 is 1.81 bits per heavy atom. The molecule has 0 amide bonds. The number of nitrogens with zero attached hydrogens (tertiary/aromatic N) is 2. The maximum Gasteiger partial charge on any atom is 0.341 e. The molecular weight excluding hydrogens is 358 g/mol. The summed E-state index contributed by atoms with van der Waals surface area (Å²) < 4.78 is 0. The number of aliphatic hydroxyl groups is 1. The summed E-state index contributed by atoms with van der Waals surface area (Å²) >= 11 is 0. The summed E-state index contributed by atoms with van der Waals surface area (Å²) in [5.74, 6) is -2.64. The van der Waals surface area contributed by atoms with Crippen molar-refractivity contribution in [3.8, 4) is 0 Å². The van der Waals surface area contributed by atoms with Crippen molar-refractivity contribution in [1.82, 2.24) is 0 Å². The largest absolute Gasteiger partial charge is 0.391 e. The van der Waals surface area contributed by atoms with Gasteiger partial charge in [0.15, 0.2) is 13.1 Å². The Balaban J connectivity index is 2.39. The number of Topliss-reactive ketones (excluding diaryl/α,β-unsaturated/α-hetero) is 2. The molecule has 1 aliphatic heterocycles. The second-order valence-electron chi connectivity index (χ2n) is 7.27. The lowest BCUT2D eigenvalue weighted by molar-refractivity contribution is -0.948. The summed E-state index contributed by atoms with van der Waals surface area (Å²) in [6.07, 6.45) is -0.436. The fourth-order valence-corrected chi connectivity index (χ4v) is 4.80. The lowest BCUT2D eigenvalue weighted by Gasteiger charge is -2.48. The first-order valence-corrected chi connectivity index (χ1v) is 8.59. The average molecular weight is 378 g/mol. The van der Waals surface area contributed by atoms with Crippen LogP contribution >= 0.6 is 0 Å². The van der Waals surface area contributed by atoms with Crippen molar-refractivity contribution in [3.05, 3.63) is 55.6 Å². The number of fused-ring (bicyclic) bond motifs is 4. The van der Waals surface area contributed by atoms with Crippen LogP contribution in [-0.4, -0.2) is 58.3 Å². The van der Waals surface area contributed by atoms with E-state index in [0.717, 1.165) is 0 Å². The van der Waals surface area contributed by atoms with Crippen LogP contribution in [0.4, 0.5) is 0 Å². The van der Waals surface area contributed by atoms with Crippen molar-refractivity contribution in [3.63, 3.8) is 0 Å². The molecule has 1 saturated heterocycles. The van der Waals surface area contributed by atoms with Crippen LogP contribution in [0.3, 0.4) is 0 Å².